The number of amides is 1. The summed E-state index contributed by atoms with van der Waals surface area (Å²) >= 11 is 0. The summed E-state index contributed by atoms with van der Waals surface area (Å²) in [5.74, 6) is -1.53. The number of hydrazone groups is 1. The Morgan fingerprint density at radius 3 is 2.33 bits per heavy atom. The molecule has 0 aromatic heterocycles. The summed E-state index contributed by atoms with van der Waals surface area (Å²) in [7, 11) is 0. The van der Waals surface area contributed by atoms with E-state index >= 15 is 0 Å². The molecule has 0 spiro atoms. The number of nitrogens with one attached hydrogen (secondary N) is 1. The van der Waals surface area contributed by atoms with Crippen LogP contribution in [0.15, 0.2) is 77.9 Å². The van der Waals surface area contributed by atoms with E-state index in [4.69, 9.17) is 4.74 Å². The molecule has 27 heavy (non-hydrogen) atoms. The number of ether oxygens (including phenoxy) is 1. The van der Waals surface area contributed by atoms with E-state index in [0.717, 1.165) is 29.5 Å². The Bertz CT molecular complexity index is 939. The average molecular weight is 366 g/mol. The summed E-state index contributed by atoms with van der Waals surface area (Å²) in [4.78, 5) is 11.9. The van der Waals surface area contributed by atoms with Crippen molar-refractivity contribution >= 4 is 12.1 Å². The highest BCUT2D eigenvalue weighted by Crippen LogP contribution is 2.29. The van der Waals surface area contributed by atoms with Crippen LogP contribution in [-0.2, 0) is 4.79 Å². The van der Waals surface area contributed by atoms with Crippen molar-refractivity contribution in [3.63, 3.8) is 0 Å². The van der Waals surface area contributed by atoms with E-state index in [-0.39, 0.29) is 12.2 Å². The molecule has 136 valence electrons. The summed E-state index contributed by atoms with van der Waals surface area (Å²) in [5.41, 5.74) is 3.67. The number of halogens is 2. The topological polar surface area (TPSA) is 50.7 Å². The second-order valence-corrected chi connectivity index (χ2v) is 5.58. The molecule has 0 unspecified atom stereocenters. The SMILES string of the molecule is O=C(COc1ccccc1-c1ccccc1)N/N=C/c1c(F)cccc1F. The van der Waals surface area contributed by atoms with Gasteiger partial charge in [-0.05, 0) is 23.8 Å². The molecule has 0 aliphatic carbocycles. The molecule has 3 aromatic rings. The minimum Gasteiger partial charge on any atom is -0.483 e. The number of para-hydroxylation sites is 1. The Morgan fingerprint density at radius 2 is 1.59 bits per heavy atom. The van der Waals surface area contributed by atoms with Gasteiger partial charge in [0.25, 0.3) is 5.91 Å². The van der Waals surface area contributed by atoms with E-state index in [1.165, 1.54) is 6.07 Å². The van der Waals surface area contributed by atoms with Crippen LogP contribution in [0.2, 0.25) is 0 Å². The van der Waals surface area contributed by atoms with Crippen molar-refractivity contribution in [2.75, 3.05) is 6.61 Å². The standard InChI is InChI=1S/C21H16F2N2O2/c22-18-10-6-11-19(23)17(18)13-24-25-21(26)14-27-20-12-5-4-9-16(20)15-7-2-1-3-8-15/h1-13H,14H2,(H,25,26)/b24-13+. The molecule has 0 bridgehead atoms. The molecule has 3 rings (SSSR count). The average Bonchev–Trinajstić information content (AvgIpc) is 2.69. The Morgan fingerprint density at radius 1 is 0.926 bits per heavy atom. The van der Waals surface area contributed by atoms with Crippen LogP contribution in [0, 0.1) is 11.6 Å². The third kappa shape index (κ3) is 4.76. The predicted molar refractivity (Wildman–Crippen MR) is 99.5 cm³/mol. The zero-order valence-corrected chi connectivity index (χ0v) is 14.2. The van der Waals surface area contributed by atoms with Gasteiger partial charge in [0, 0.05) is 5.56 Å². The minimum absolute atomic E-state index is 0.291. The molecule has 1 amide bonds. The second kappa shape index (κ2) is 8.71. The van der Waals surface area contributed by atoms with Gasteiger partial charge in [0.2, 0.25) is 0 Å². The second-order valence-electron chi connectivity index (χ2n) is 5.58. The zero-order chi connectivity index (χ0) is 19.1. The van der Waals surface area contributed by atoms with E-state index in [9.17, 15) is 13.6 Å². The predicted octanol–water partition coefficient (Wildman–Crippen LogP) is 4.16. The quantitative estimate of drug-likeness (QED) is 0.526. The Hall–Kier alpha value is -3.54. The van der Waals surface area contributed by atoms with Gasteiger partial charge in [0.05, 0.1) is 11.8 Å². The highest BCUT2D eigenvalue weighted by Gasteiger charge is 2.08. The highest BCUT2D eigenvalue weighted by atomic mass is 19.1. The lowest BCUT2D eigenvalue weighted by molar-refractivity contribution is -0.123. The lowest BCUT2D eigenvalue weighted by atomic mass is 10.1. The lowest BCUT2D eigenvalue weighted by Gasteiger charge is -2.10. The first kappa shape index (κ1) is 18.3. The number of hydrogen-bond donors (Lipinski definition) is 1. The van der Waals surface area contributed by atoms with E-state index in [1.807, 2.05) is 42.5 Å². The minimum atomic E-state index is -0.763. The van der Waals surface area contributed by atoms with Crippen LogP contribution in [0.25, 0.3) is 11.1 Å². The highest BCUT2D eigenvalue weighted by molar-refractivity contribution is 5.83. The summed E-state index contributed by atoms with van der Waals surface area (Å²) in [6.07, 6.45) is 0.917. The summed E-state index contributed by atoms with van der Waals surface area (Å²) in [5, 5.41) is 3.57. The van der Waals surface area contributed by atoms with Gasteiger partial charge in [-0.3, -0.25) is 4.79 Å². The molecule has 0 aliphatic heterocycles. The van der Waals surface area contributed by atoms with E-state index < -0.39 is 17.5 Å². The summed E-state index contributed by atoms with van der Waals surface area (Å²) in [6.45, 7) is -0.291. The smallest absolute Gasteiger partial charge is 0.277 e. The fourth-order valence-electron chi connectivity index (χ4n) is 2.43. The van der Waals surface area contributed by atoms with Crippen LogP contribution in [0.3, 0.4) is 0 Å². The number of nitrogens with zero attached hydrogens (tertiary/aromatic N) is 1. The van der Waals surface area contributed by atoms with Crippen molar-refractivity contribution in [2.45, 2.75) is 0 Å². The van der Waals surface area contributed by atoms with Crippen LogP contribution >= 0.6 is 0 Å². The maximum absolute atomic E-state index is 13.5. The molecule has 0 aliphatic rings. The molecule has 0 radical (unpaired) electrons. The van der Waals surface area contributed by atoms with Crippen LogP contribution in [-0.4, -0.2) is 18.7 Å². The first-order chi connectivity index (χ1) is 13.1. The van der Waals surface area contributed by atoms with Gasteiger partial charge in [0.1, 0.15) is 17.4 Å². The van der Waals surface area contributed by atoms with E-state index in [0.29, 0.717) is 5.75 Å². The summed E-state index contributed by atoms with van der Waals surface area (Å²) in [6, 6.07) is 20.4. The third-order valence-corrected chi connectivity index (χ3v) is 3.71. The number of benzene rings is 3. The van der Waals surface area contributed by atoms with Crippen molar-refractivity contribution in [1.82, 2.24) is 5.43 Å². The molecular formula is C21H16F2N2O2. The van der Waals surface area contributed by atoms with E-state index in [1.54, 1.807) is 12.1 Å². The van der Waals surface area contributed by atoms with Gasteiger partial charge < -0.3 is 4.74 Å². The van der Waals surface area contributed by atoms with Crippen molar-refractivity contribution in [2.24, 2.45) is 5.10 Å². The van der Waals surface area contributed by atoms with Gasteiger partial charge >= 0.3 is 0 Å². The number of rotatable bonds is 6. The van der Waals surface area contributed by atoms with Crippen LogP contribution < -0.4 is 10.2 Å². The lowest BCUT2D eigenvalue weighted by Crippen LogP contribution is -2.24. The number of carbonyl (C=O) groups excluding carboxylic acids is 1. The molecule has 0 saturated heterocycles. The molecule has 4 nitrogen and oxygen atoms in total. The van der Waals surface area contributed by atoms with Gasteiger partial charge in [0.15, 0.2) is 6.61 Å². The fourth-order valence-corrected chi connectivity index (χ4v) is 2.43. The van der Waals surface area contributed by atoms with Crippen molar-refractivity contribution in [3.05, 3.63) is 90.0 Å². The number of hydrogen-bond acceptors (Lipinski definition) is 3. The monoisotopic (exact) mass is 366 g/mol. The van der Waals surface area contributed by atoms with Gasteiger partial charge in [-0.2, -0.15) is 5.10 Å². The molecule has 3 aromatic carbocycles. The molecule has 0 atom stereocenters. The van der Waals surface area contributed by atoms with Crippen LogP contribution in [0.5, 0.6) is 5.75 Å². The van der Waals surface area contributed by atoms with Gasteiger partial charge in [-0.25, -0.2) is 14.2 Å². The van der Waals surface area contributed by atoms with Crippen LogP contribution in [0.1, 0.15) is 5.56 Å². The number of carbonyl (C=O) groups is 1. The van der Waals surface area contributed by atoms with Crippen molar-refractivity contribution < 1.29 is 18.3 Å². The molecular weight excluding hydrogens is 350 g/mol. The maximum Gasteiger partial charge on any atom is 0.277 e. The Balaban J connectivity index is 1.61. The van der Waals surface area contributed by atoms with Gasteiger partial charge in [-0.1, -0.05) is 54.6 Å². The summed E-state index contributed by atoms with van der Waals surface area (Å²) < 4.78 is 32.5. The third-order valence-electron chi connectivity index (χ3n) is 3.71. The first-order valence-corrected chi connectivity index (χ1v) is 8.18. The first-order valence-electron chi connectivity index (χ1n) is 8.18. The molecule has 0 heterocycles. The van der Waals surface area contributed by atoms with Crippen LogP contribution in [0.4, 0.5) is 8.78 Å². The van der Waals surface area contributed by atoms with Crippen molar-refractivity contribution in [1.29, 1.82) is 0 Å². The molecule has 6 heteroatoms. The largest absolute Gasteiger partial charge is 0.483 e. The normalized spacial score (nSPS) is 10.7. The van der Waals surface area contributed by atoms with Crippen molar-refractivity contribution in [3.8, 4) is 16.9 Å². The van der Waals surface area contributed by atoms with E-state index in [2.05, 4.69) is 10.5 Å². The molecule has 0 saturated carbocycles. The molecule has 0 fully saturated rings. The zero-order valence-electron chi connectivity index (χ0n) is 14.2. The van der Waals surface area contributed by atoms with Gasteiger partial charge in [-0.15, -0.1) is 0 Å². The maximum atomic E-state index is 13.5. The Labute approximate surface area is 155 Å². The fraction of sp³-hybridized carbons (Fsp3) is 0.0476. The Kier molecular flexibility index (Phi) is 5.89. The molecule has 1 N–H and O–H groups in total.